The van der Waals surface area contributed by atoms with Gasteiger partial charge in [0.05, 0.1) is 23.6 Å². The van der Waals surface area contributed by atoms with E-state index in [1.165, 1.54) is 0 Å². The fourth-order valence-corrected chi connectivity index (χ4v) is 2.02. The van der Waals surface area contributed by atoms with Crippen molar-refractivity contribution in [3.63, 3.8) is 0 Å². The van der Waals surface area contributed by atoms with Crippen molar-refractivity contribution < 1.29 is 0 Å². The van der Waals surface area contributed by atoms with Crippen LogP contribution in [-0.2, 0) is 0 Å². The molecule has 2 heterocycles. The molecular weight excluding hydrogens is 258 g/mol. The Balaban J connectivity index is 2.66. The summed E-state index contributed by atoms with van der Waals surface area (Å²) in [5.41, 5.74) is 2.16. The first-order valence-electron chi connectivity index (χ1n) is 4.39. The van der Waals surface area contributed by atoms with Crippen molar-refractivity contribution in [3.05, 3.63) is 45.5 Å². The molecule has 0 saturated carbocycles. The Morgan fingerprint density at radius 3 is 3.07 bits per heavy atom. The summed E-state index contributed by atoms with van der Waals surface area (Å²) < 4.78 is 2.71. The molecule has 2 aromatic heterocycles. The second kappa shape index (κ2) is 2.93. The van der Waals surface area contributed by atoms with Gasteiger partial charge in [0.15, 0.2) is 0 Å². The molecule has 0 radical (unpaired) electrons. The highest BCUT2D eigenvalue weighted by Gasteiger charge is 2.04. The minimum Gasteiger partial charge on any atom is -0.319 e. The number of hydrogen-bond donors (Lipinski definition) is 1. The van der Waals surface area contributed by atoms with Crippen LogP contribution in [0.5, 0.6) is 0 Å². The van der Waals surface area contributed by atoms with E-state index in [4.69, 9.17) is 0 Å². The molecule has 0 atom stereocenters. The van der Waals surface area contributed by atoms with Crippen molar-refractivity contribution in [2.45, 2.75) is 0 Å². The largest absolute Gasteiger partial charge is 0.319 e. The molecule has 0 fully saturated rings. The summed E-state index contributed by atoms with van der Waals surface area (Å²) in [7, 11) is 0. The molecule has 0 aliphatic rings. The summed E-state index contributed by atoms with van der Waals surface area (Å²) in [6.07, 6.45) is 3.20. The molecule has 0 spiro atoms. The molecule has 74 valence electrons. The molecule has 0 aliphatic heterocycles. The maximum Gasteiger partial charge on any atom is 0.274 e. The van der Waals surface area contributed by atoms with Gasteiger partial charge in [-0.2, -0.15) is 0 Å². The number of aromatic amines is 1. The van der Waals surface area contributed by atoms with Crippen LogP contribution in [-0.4, -0.2) is 14.4 Å². The van der Waals surface area contributed by atoms with Gasteiger partial charge in [0.25, 0.3) is 5.56 Å². The fourth-order valence-electron chi connectivity index (χ4n) is 1.66. The van der Waals surface area contributed by atoms with Crippen molar-refractivity contribution >= 4 is 32.5 Å². The number of fused-ring (bicyclic) bond motifs is 3. The average molecular weight is 264 g/mol. The van der Waals surface area contributed by atoms with Gasteiger partial charge in [0.1, 0.15) is 5.52 Å². The molecule has 1 N–H and O–H groups in total. The van der Waals surface area contributed by atoms with E-state index >= 15 is 0 Å². The van der Waals surface area contributed by atoms with E-state index in [0.717, 1.165) is 15.5 Å². The zero-order valence-electron chi connectivity index (χ0n) is 7.57. The van der Waals surface area contributed by atoms with Crippen molar-refractivity contribution in [2.75, 3.05) is 0 Å². The van der Waals surface area contributed by atoms with E-state index in [9.17, 15) is 4.79 Å². The molecule has 3 rings (SSSR count). The van der Waals surface area contributed by atoms with Gasteiger partial charge >= 0.3 is 0 Å². The summed E-state index contributed by atoms with van der Waals surface area (Å²) in [6, 6.07) is 5.74. The van der Waals surface area contributed by atoms with Gasteiger partial charge in [0.2, 0.25) is 0 Å². The first-order chi connectivity index (χ1) is 7.25. The first-order valence-corrected chi connectivity index (χ1v) is 5.18. The number of rotatable bonds is 0. The average Bonchev–Trinajstić information content (AvgIpc) is 2.66. The monoisotopic (exact) mass is 263 g/mol. The van der Waals surface area contributed by atoms with Gasteiger partial charge in [-0.1, -0.05) is 15.9 Å². The molecular formula is C10H6BrN3O. The quantitative estimate of drug-likeness (QED) is 0.674. The van der Waals surface area contributed by atoms with E-state index in [-0.39, 0.29) is 5.56 Å². The topological polar surface area (TPSA) is 50.2 Å². The standard InChI is InChI=1S/C10H6BrN3O/c11-6-1-2-8-7(3-6)13-10(15)9-4-12-5-14(8)9/h1-5H,(H,13,15). The third-order valence-corrected chi connectivity index (χ3v) is 2.83. The third-order valence-electron chi connectivity index (χ3n) is 2.34. The normalized spacial score (nSPS) is 11.3. The van der Waals surface area contributed by atoms with Gasteiger partial charge in [0, 0.05) is 4.47 Å². The van der Waals surface area contributed by atoms with Crippen LogP contribution in [0.1, 0.15) is 0 Å². The Labute approximate surface area is 92.7 Å². The summed E-state index contributed by atoms with van der Waals surface area (Å²) in [6.45, 7) is 0. The van der Waals surface area contributed by atoms with Crippen LogP contribution in [0.4, 0.5) is 0 Å². The molecule has 0 saturated heterocycles. The smallest absolute Gasteiger partial charge is 0.274 e. The molecule has 3 aromatic rings. The van der Waals surface area contributed by atoms with E-state index in [0.29, 0.717) is 5.52 Å². The summed E-state index contributed by atoms with van der Waals surface area (Å²) >= 11 is 3.36. The first kappa shape index (κ1) is 8.67. The lowest BCUT2D eigenvalue weighted by molar-refractivity contribution is 1.16. The van der Waals surface area contributed by atoms with Gasteiger partial charge in [-0.15, -0.1) is 0 Å². The van der Waals surface area contributed by atoms with Gasteiger partial charge in [-0.25, -0.2) is 4.98 Å². The summed E-state index contributed by atoms with van der Waals surface area (Å²) in [4.78, 5) is 18.4. The number of halogens is 1. The number of H-pyrrole nitrogens is 1. The molecule has 0 unspecified atom stereocenters. The lowest BCUT2D eigenvalue weighted by atomic mass is 10.3. The van der Waals surface area contributed by atoms with Gasteiger partial charge in [-0.3, -0.25) is 9.20 Å². The van der Waals surface area contributed by atoms with Crippen LogP contribution in [0, 0.1) is 0 Å². The molecule has 5 heteroatoms. The van der Waals surface area contributed by atoms with Crippen LogP contribution in [0.25, 0.3) is 16.6 Å². The lowest BCUT2D eigenvalue weighted by Gasteiger charge is -2.01. The molecule has 15 heavy (non-hydrogen) atoms. The number of nitrogens with zero attached hydrogens (tertiary/aromatic N) is 2. The SMILES string of the molecule is O=c1[nH]c2cc(Br)ccc2n2cncc12. The van der Waals surface area contributed by atoms with Crippen molar-refractivity contribution in [2.24, 2.45) is 0 Å². The van der Waals surface area contributed by atoms with Crippen LogP contribution in [0.15, 0.2) is 40.0 Å². The Hall–Kier alpha value is -1.62. The van der Waals surface area contributed by atoms with Crippen LogP contribution in [0.2, 0.25) is 0 Å². The van der Waals surface area contributed by atoms with Crippen molar-refractivity contribution in [1.29, 1.82) is 0 Å². The predicted octanol–water partition coefficient (Wildman–Crippen LogP) is 1.94. The van der Waals surface area contributed by atoms with Crippen molar-refractivity contribution in [3.8, 4) is 0 Å². The van der Waals surface area contributed by atoms with Crippen molar-refractivity contribution in [1.82, 2.24) is 14.4 Å². The van der Waals surface area contributed by atoms with Gasteiger partial charge in [-0.05, 0) is 18.2 Å². The number of benzene rings is 1. The highest BCUT2D eigenvalue weighted by atomic mass is 79.9. The molecule has 0 aliphatic carbocycles. The van der Waals surface area contributed by atoms with E-state index in [1.54, 1.807) is 16.9 Å². The number of imidazole rings is 1. The lowest BCUT2D eigenvalue weighted by Crippen LogP contribution is -2.09. The van der Waals surface area contributed by atoms with Crippen LogP contribution < -0.4 is 5.56 Å². The molecule has 1 aromatic carbocycles. The number of nitrogens with one attached hydrogen (secondary N) is 1. The Morgan fingerprint density at radius 1 is 1.33 bits per heavy atom. The number of aromatic nitrogens is 3. The second-order valence-electron chi connectivity index (χ2n) is 3.26. The van der Waals surface area contributed by atoms with E-state index < -0.39 is 0 Å². The Morgan fingerprint density at radius 2 is 2.20 bits per heavy atom. The highest BCUT2D eigenvalue weighted by Crippen LogP contribution is 2.17. The van der Waals surface area contributed by atoms with Crippen LogP contribution >= 0.6 is 15.9 Å². The minimum absolute atomic E-state index is 0.127. The molecule has 0 bridgehead atoms. The highest BCUT2D eigenvalue weighted by molar-refractivity contribution is 9.10. The maximum absolute atomic E-state index is 11.6. The minimum atomic E-state index is -0.127. The van der Waals surface area contributed by atoms with Gasteiger partial charge < -0.3 is 4.98 Å². The number of hydrogen-bond acceptors (Lipinski definition) is 2. The van der Waals surface area contributed by atoms with E-state index in [2.05, 4.69) is 25.9 Å². The zero-order valence-corrected chi connectivity index (χ0v) is 9.15. The zero-order chi connectivity index (χ0) is 10.4. The van der Waals surface area contributed by atoms with Crippen LogP contribution in [0.3, 0.4) is 0 Å². The predicted molar refractivity (Wildman–Crippen MR) is 61.0 cm³/mol. The maximum atomic E-state index is 11.6. The Kier molecular flexibility index (Phi) is 1.70. The summed E-state index contributed by atoms with van der Waals surface area (Å²) in [5.74, 6) is 0. The Bertz CT molecular complexity index is 713. The molecule has 4 nitrogen and oxygen atoms in total. The second-order valence-corrected chi connectivity index (χ2v) is 4.18. The summed E-state index contributed by atoms with van der Waals surface area (Å²) in [5, 5.41) is 0. The van der Waals surface area contributed by atoms with E-state index in [1.807, 2.05) is 18.2 Å². The molecule has 0 amide bonds. The fraction of sp³-hybridized carbons (Fsp3) is 0. The third kappa shape index (κ3) is 1.20.